The van der Waals surface area contributed by atoms with Crippen molar-refractivity contribution in [2.45, 2.75) is 38.7 Å². The topological polar surface area (TPSA) is 58.6 Å². The van der Waals surface area contributed by atoms with Gasteiger partial charge in [-0.1, -0.05) is 6.92 Å². The van der Waals surface area contributed by atoms with Crippen molar-refractivity contribution in [2.75, 3.05) is 39.0 Å². The van der Waals surface area contributed by atoms with E-state index >= 15 is 0 Å². The molecule has 1 aliphatic rings. The Morgan fingerprint density at radius 3 is 2.89 bits per heavy atom. The molecule has 1 unspecified atom stereocenters. The second-order valence-corrected chi connectivity index (χ2v) is 6.85. The van der Waals surface area contributed by atoms with Gasteiger partial charge < -0.3 is 10.1 Å². The smallest absolute Gasteiger partial charge is 0.214 e. The molecule has 1 atom stereocenters. The standard InChI is InChI=1S/C12H26N2O3S/c1-3-9-17-12-6-4-8-14(11-12)18(15,16)10-5-7-13-2/h12-13H,3-11H2,1-2H3. The highest BCUT2D eigenvalue weighted by molar-refractivity contribution is 7.89. The molecule has 0 aromatic carbocycles. The monoisotopic (exact) mass is 278 g/mol. The zero-order chi connectivity index (χ0) is 13.4. The van der Waals surface area contributed by atoms with Crippen LogP contribution in [0.15, 0.2) is 0 Å². The summed E-state index contributed by atoms with van der Waals surface area (Å²) in [5.74, 6) is 0.230. The lowest BCUT2D eigenvalue weighted by Crippen LogP contribution is -2.44. The van der Waals surface area contributed by atoms with E-state index in [0.29, 0.717) is 19.5 Å². The van der Waals surface area contributed by atoms with E-state index in [2.05, 4.69) is 12.2 Å². The van der Waals surface area contributed by atoms with Crippen LogP contribution in [-0.2, 0) is 14.8 Å². The fraction of sp³-hybridized carbons (Fsp3) is 1.00. The molecule has 1 heterocycles. The van der Waals surface area contributed by atoms with E-state index in [9.17, 15) is 8.42 Å². The maximum atomic E-state index is 12.1. The van der Waals surface area contributed by atoms with Gasteiger partial charge >= 0.3 is 0 Å². The van der Waals surface area contributed by atoms with Gasteiger partial charge in [-0.2, -0.15) is 4.31 Å². The van der Waals surface area contributed by atoms with Crippen LogP contribution in [0.1, 0.15) is 32.6 Å². The highest BCUT2D eigenvalue weighted by Crippen LogP contribution is 2.17. The molecule has 0 spiro atoms. The summed E-state index contributed by atoms with van der Waals surface area (Å²) < 4.78 is 31.5. The average Bonchev–Trinajstić information content (AvgIpc) is 2.37. The number of sulfonamides is 1. The van der Waals surface area contributed by atoms with Crippen molar-refractivity contribution in [3.8, 4) is 0 Å². The maximum absolute atomic E-state index is 12.1. The van der Waals surface area contributed by atoms with Gasteiger partial charge in [0.25, 0.3) is 0 Å². The summed E-state index contributed by atoms with van der Waals surface area (Å²) in [6.45, 7) is 4.70. The third-order valence-electron chi connectivity index (χ3n) is 3.12. The summed E-state index contributed by atoms with van der Waals surface area (Å²) in [5.41, 5.74) is 0. The van der Waals surface area contributed by atoms with Gasteiger partial charge in [0.15, 0.2) is 0 Å². The number of nitrogens with zero attached hydrogens (tertiary/aromatic N) is 1. The minimum absolute atomic E-state index is 0.0813. The van der Waals surface area contributed by atoms with Gasteiger partial charge in [-0.05, 0) is 39.3 Å². The van der Waals surface area contributed by atoms with Crippen LogP contribution in [0.4, 0.5) is 0 Å². The number of nitrogens with one attached hydrogen (secondary N) is 1. The molecular formula is C12H26N2O3S. The zero-order valence-electron chi connectivity index (χ0n) is 11.5. The van der Waals surface area contributed by atoms with Gasteiger partial charge in [-0.15, -0.1) is 0 Å². The normalized spacial score (nSPS) is 22.2. The van der Waals surface area contributed by atoms with Crippen molar-refractivity contribution < 1.29 is 13.2 Å². The van der Waals surface area contributed by atoms with E-state index in [4.69, 9.17) is 4.74 Å². The molecule has 0 aliphatic carbocycles. The first-order chi connectivity index (χ1) is 8.60. The molecular weight excluding hydrogens is 252 g/mol. The molecule has 0 bridgehead atoms. The van der Waals surface area contributed by atoms with Gasteiger partial charge in [-0.25, -0.2) is 8.42 Å². The summed E-state index contributed by atoms with van der Waals surface area (Å²) in [5, 5.41) is 2.97. The summed E-state index contributed by atoms with van der Waals surface area (Å²) in [4.78, 5) is 0. The third-order valence-corrected chi connectivity index (χ3v) is 5.04. The summed E-state index contributed by atoms with van der Waals surface area (Å²) in [6.07, 6.45) is 3.60. The van der Waals surface area contributed by atoms with Crippen molar-refractivity contribution >= 4 is 10.0 Å². The van der Waals surface area contributed by atoms with Crippen LogP contribution >= 0.6 is 0 Å². The SMILES string of the molecule is CCCOC1CCCN(S(=O)(=O)CCCNC)C1. The second-order valence-electron chi connectivity index (χ2n) is 4.77. The van der Waals surface area contributed by atoms with Gasteiger partial charge in [0.2, 0.25) is 10.0 Å². The Morgan fingerprint density at radius 2 is 2.22 bits per heavy atom. The predicted octanol–water partition coefficient (Wildman–Crippen LogP) is 0.817. The molecule has 0 aromatic rings. The first-order valence-electron chi connectivity index (χ1n) is 6.84. The summed E-state index contributed by atoms with van der Waals surface area (Å²) in [6, 6.07) is 0. The molecule has 0 radical (unpaired) electrons. The highest BCUT2D eigenvalue weighted by Gasteiger charge is 2.28. The second kappa shape index (κ2) is 8.09. The maximum Gasteiger partial charge on any atom is 0.214 e. The molecule has 0 aromatic heterocycles. The third kappa shape index (κ3) is 5.22. The Kier molecular flexibility index (Phi) is 7.14. The van der Waals surface area contributed by atoms with Crippen molar-refractivity contribution in [1.29, 1.82) is 0 Å². The van der Waals surface area contributed by atoms with Crippen molar-refractivity contribution in [2.24, 2.45) is 0 Å². The molecule has 1 aliphatic heterocycles. The van der Waals surface area contributed by atoms with E-state index in [1.54, 1.807) is 4.31 Å². The Labute approximate surface area is 111 Å². The number of hydrogen-bond donors (Lipinski definition) is 1. The van der Waals surface area contributed by atoms with E-state index in [0.717, 1.165) is 32.4 Å². The highest BCUT2D eigenvalue weighted by atomic mass is 32.2. The van der Waals surface area contributed by atoms with E-state index in [-0.39, 0.29) is 11.9 Å². The molecule has 1 N–H and O–H groups in total. The van der Waals surface area contributed by atoms with E-state index in [1.807, 2.05) is 7.05 Å². The number of ether oxygens (including phenoxy) is 1. The first kappa shape index (κ1) is 15.9. The van der Waals surface area contributed by atoms with Crippen LogP contribution in [0.2, 0.25) is 0 Å². The van der Waals surface area contributed by atoms with Crippen LogP contribution in [0.5, 0.6) is 0 Å². The lowest BCUT2D eigenvalue weighted by molar-refractivity contribution is 0.0193. The molecule has 0 saturated carbocycles. The largest absolute Gasteiger partial charge is 0.377 e. The zero-order valence-corrected chi connectivity index (χ0v) is 12.3. The quantitative estimate of drug-likeness (QED) is 0.668. The number of piperidine rings is 1. The van der Waals surface area contributed by atoms with Crippen LogP contribution in [0.3, 0.4) is 0 Å². The average molecular weight is 278 g/mol. The Hall–Kier alpha value is -0.170. The van der Waals surface area contributed by atoms with Gasteiger partial charge in [0.1, 0.15) is 0 Å². The van der Waals surface area contributed by atoms with Crippen molar-refractivity contribution in [1.82, 2.24) is 9.62 Å². The lowest BCUT2D eigenvalue weighted by atomic mass is 10.1. The summed E-state index contributed by atoms with van der Waals surface area (Å²) in [7, 11) is -1.26. The van der Waals surface area contributed by atoms with E-state index in [1.165, 1.54) is 0 Å². The molecule has 0 amide bonds. The predicted molar refractivity (Wildman–Crippen MR) is 73.2 cm³/mol. The molecule has 1 rings (SSSR count). The Balaban J connectivity index is 2.43. The van der Waals surface area contributed by atoms with Crippen LogP contribution in [0.25, 0.3) is 0 Å². The van der Waals surface area contributed by atoms with Gasteiger partial charge in [0, 0.05) is 19.7 Å². The molecule has 18 heavy (non-hydrogen) atoms. The van der Waals surface area contributed by atoms with Crippen LogP contribution in [-0.4, -0.2) is 57.9 Å². The minimum Gasteiger partial charge on any atom is -0.377 e. The molecule has 108 valence electrons. The lowest BCUT2D eigenvalue weighted by Gasteiger charge is -2.31. The van der Waals surface area contributed by atoms with E-state index < -0.39 is 10.0 Å². The fourth-order valence-electron chi connectivity index (χ4n) is 2.14. The Morgan fingerprint density at radius 1 is 1.44 bits per heavy atom. The Bertz CT molecular complexity index is 319. The minimum atomic E-state index is -3.10. The molecule has 1 fully saturated rings. The summed E-state index contributed by atoms with van der Waals surface area (Å²) >= 11 is 0. The van der Waals surface area contributed by atoms with Gasteiger partial charge in [-0.3, -0.25) is 0 Å². The van der Waals surface area contributed by atoms with Crippen molar-refractivity contribution in [3.63, 3.8) is 0 Å². The van der Waals surface area contributed by atoms with Gasteiger partial charge in [0.05, 0.1) is 11.9 Å². The fourth-order valence-corrected chi connectivity index (χ4v) is 3.71. The molecule has 5 nitrogen and oxygen atoms in total. The van der Waals surface area contributed by atoms with Crippen molar-refractivity contribution in [3.05, 3.63) is 0 Å². The molecule has 1 saturated heterocycles. The number of hydrogen-bond acceptors (Lipinski definition) is 4. The number of rotatable bonds is 8. The van der Waals surface area contributed by atoms with Crippen LogP contribution in [0, 0.1) is 0 Å². The molecule has 6 heteroatoms. The first-order valence-corrected chi connectivity index (χ1v) is 8.45. The van der Waals surface area contributed by atoms with Crippen LogP contribution < -0.4 is 5.32 Å².